The van der Waals surface area contributed by atoms with E-state index in [1.165, 1.54) is 6.07 Å². The van der Waals surface area contributed by atoms with Gasteiger partial charge in [-0.05, 0) is 67.7 Å². The number of carboxylic acid groups (broad SMARTS) is 1. The number of hydrogen-bond donors (Lipinski definition) is 3. The predicted octanol–water partition coefficient (Wildman–Crippen LogP) is 5.02. The number of likely N-dealkylation sites (tertiary alicyclic amines) is 1. The highest BCUT2D eigenvalue weighted by atomic mass is 35.5. The summed E-state index contributed by atoms with van der Waals surface area (Å²) in [5.74, 6) is -0.796. The van der Waals surface area contributed by atoms with E-state index in [-0.39, 0.29) is 11.5 Å². The van der Waals surface area contributed by atoms with Crippen LogP contribution in [0.4, 0.5) is 0 Å². The zero-order valence-electron chi connectivity index (χ0n) is 20.7. The minimum atomic E-state index is -1.08. The van der Waals surface area contributed by atoms with Crippen molar-refractivity contribution in [2.24, 2.45) is 0 Å². The second-order valence-electron chi connectivity index (χ2n) is 9.28. The van der Waals surface area contributed by atoms with Crippen molar-refractivity contribution >= 4 is 23.1 Å². The molecule has 1 aromatic heterocycles. The van der Waals surface area contributed by atoms with Crippen molar-refractivity contribution in [3.05, 3.63) is 94.3 Å². The van der Waals surface area contributed by atoms with Crippen LogP contribution in [-0.4, -0.2) is 57.4 Å². The molecule has 1 fully saturated rings. The van der Waals surface area contributed by atoms with Gasteiger partial charge in [-0.3, -0.25) is 4.98 Å². The molecule has 0 spiro atoms. The summed E-state index contributed by atoms with van der Waals surface area (Å²) in [4.78, 5) is 17.5. The predicted molar refractivity (Wildman–Crippen MR) is 143 cm³/mol. The van der Waals surface area contributed by atoms with Crippen molar-refractivity contribution < 1.29 is 24.9 Å². The molecule has 2 heterocycles. The molecule has 1 aliphatic rings. The van der Waals surface area contributed by atoms with Gasteiger partial charge >= 0.3 is 5.97 Å². The van der Waals surface area contributed by atoms with E-state index in [0.29, 0.717) is 23.4 Å². The van der Waals surface area contributed by atoms with E-state index in [9.17, 15) is 15.0 Å². The molecule has 7 nitrogen and oxygen atoms in total. The minimum absolute atomic E-state index is 0.00314. The SMILES string of the molecule is Cc1ncccc1C(=CCCN1CCC(O)(c2ccc(Cl)cc2)CC1)c1ccc(OCC(=O)O)cc1O. The summed E-state index contributed by atoms with van der Waals surface area (Å²) in [6, 6.07) is 16.1. The number of aliphatic carboxylic acids is 1. The number of hydrogen-bond acceptors (Lipinski definition) is 6. The molecule has 1 aliphatic heterocycles. The van der Waals surface area contributed by atoms with Crippen molar-refractivity contribution in [1.29, 1.82) is 0 Å². The highest BCUT2D eigenvalue weighted by molar-refractivity contribution is 6.30. The number of aryl methyl sites for hydroxylation is 1. The fraction of sp³-hybridized carbons (Fsp3) is 0.310. The van der Waals surface area contributed by atoms with E-state index in [0.717, 1.165) is 48.4 Å². The maximum absolute atomic E-state index is 11.2. The number of phenolic OH excluding ortho intramolecular Hbond substituents is 1. The maximum Gasteiger partial charge on any atom is 0.341 e. The number of pyridine rings is 1. The lowest BCUT2D eigenvalue weighted by Crippen LogP contribution is -2.42. The van der Waals surface area contributed by atoms with Gasteiger partial charge in [0, 0.05) is 53.7 Å². The number of aromatic hydroxyl groups is 1. The second-order valence-corrected chi connectivity index (χ2v) is 9.72. The normalized spacial score (nSPS) is 15.9. The number of ether oxygens (including phenoxy) is 1. The van der Waals surface area contributed by atoms with Gasteiger partial charge in [-0.2, -0.15) is 0 Å². The monoisotopic (exact) mass is 522 g/mol. The number of nitrogens with zero attached hydrogens (tertiary/aromatic N) is 2. The van der Waals surface area contributed by atoms with Gasteiger partial charge < -0.3 is 25.0 Å². The van der Waals surface area contributed by atoms with E-state index in [2.05, 4.69) is 16.0 Å². The third-order valence-electron chi connectivity index (χ3n) is 6.78. The number of carbonyl (C=O) groups is 1. The van der Waals surface area contributed by atoms with Crippen LogP contribution in [0.25, 0.3) is 5.57 Å². The van der Waals surface area contributed by atoms with E-state index in [1.54, 1.807) is 18.3 Å². The number of carboxylic acids is 1. The summed E-state index contributed by atoms with van der Waals surface area (Å²) >= 11 is 6.00. The molecule has 1 saturated heterocycles. The van der Waals surface area contributed by atoms with Crippen molar-refractivity contribution in [1.82, 2.24) is 9.88 Å². The van der Waals surface area contributed by atoms with Crippen LogP contribution in [0, 0.1) is 6.92 Å². The molecular formula is C29H31ClN2O5. The third-order valence-corrected chi connectivity index (χ3v) is 7.03. The van der Waals surface area contributed by atoms with E-state index in [4.69, 9.17) is 21.4 Å². The van der Waals surface area contributed by atoms with Gasteiger partial charge in [0.1, 0.15) is 11.5 Å². The molecule has 4 rings (SSSR count). The smallest absolute Gasteiger partial charge is 0.341 e. The van der Waals surface area contributed by atoms with Crippen LogP contribution in [0.15, 0.2) is 66.9 Å². The topological polar surface area (TPSA) is 103 Å². The van der Waals surface area contributed by atoms with Crippen LogP contribution in [0.2, 0.25) is 5.02 Å². The highest BCUT2D eigenvalue weighted by Gasteiger charge is 2.33. The Morgan fingerprint density at radius 3 is 2.51 bits per heavy atom. The molecule has 0 saturated carbocycles. The van der Waals surface area contributed by atoms with E-state index < -0.39 is 18.2 Å². The summed E-state index contributed by atoms with van der Waals surface area (Å²) in [5, 5.41) is 31.4. The van der Waals surface area contributed by atoms with Crippen molar-refractivity contribution in [3.8, 4) is 11.5 Å². The first kappa shape index (κ1) is 26.7. The number of piperidine rings is 1. The van der Waals surface area contributed by atoms with Gasteiger partial charge in [0.15, 0.2) is 6.61 Å². The Bertz CT molecular complexity index is 1270. The standard InChI is InChI=1S/C29H31ClN2O5/c1-20-24(4-2-14-31-20)25(26-11-10-23(18-27(26)33)37-19-28(34)35)5-3-15-32-16-12-29(36,13-17-32)21-6-8-22(30)9-7-21/h2,4-11,14,18,33,36H,3,12-13,15-17,19H2,1H3,(H,34,35). The van der Waals surface area contributed by atoms with Crippen molar-refractivity contribution in [2.75, 3.05) is 26.2 Å². The van der Waals surface area contributed by atoms with Gasteiger partial charge in [0.05, 0.1) is 5.60 Å². The summed E-state index contributed by atoms with van der Waals surface area (Å²) in [6.45, 7) is 3.79. The first-order valence-corrected chi connectivity index (χ1v) is 12.6. The molecule has 0 aliphatic carbocycles. The second kappa shape index (κ2) is 11.8. The average Bonchev–Trinajstić information content (AvgIpc) is 2.88. The van der Waals surface area contributed by atoms with Gasteiger partial charge in [-0.1, -0.05) is 35.9 Å². The minimum Gasteiger partial charge on any atom is -0.507 e. The molecule has 0 bridgehead atoms. The molecule has 2 aromatic carbocycles. The Morgan fingerprint density at radius 2 is 1.86 bits per heavy atom. The zero-order valence-corrected chi connectivity index (χ0v) is 21.5. The number of rotatable bonds is 9. The Balaban J connectivity index is 1.47. The lowest BCUT2D eigenvalue weighted by Gasteiger charge is -2.38. The van der Waals surface area contributed by atoms with Gasteiger partial charge in [-0.25, -0.2) is 4.79 Å². The quantitative estimate of drug-likeness (QED) is 0.362. The number of aromatic nitrogens is 1. The number of aliphatic hydroxyl groups is 1. The summed E-state index contributed by atoms with van der Waals surface area (Å²) in [6.07, 6.45) is 5.85. The van der Waals surface area contributed by atoms with Crippen LogP contribution >= 0.6 is 11.6 Å². The molecule has 3 aromatic rings. The third kappa shape index (κ3) is 6.68. The zero-order chi connectivity index (χ0) is 26.4. The van der Waals surface area contributed by atoms with Crippen molar-refractivity contribution in [2.45, 2.75) is 31.8 Å². The first-order chi connectivity index (χ1) is 17.7. The molecule has 194 valence electrons. The van der Waals surface area contributed by atoms with Crippen LogP contribution in [0.3, 0.4) is 0 Å². The molecule has 0 unspecified atom stereocenters. The Labute approximate surface area is 221 Å². The summed E-state index contributed by atoms with van der Waals surface area (Å²) in [5.41, 5.74) is 3.28. The molecular weight excluding hydrogens is 492 g/mol. The molecule has 0 amide bonds. The number of benzene rings is 2. The van der Waals surface area contributed by atoms with E-state index >= 15 is 0 Å². The van der Waals surface area contributed by atoms with E-state index in [1.807, 2.05) is 43.3 Å². The van der Waals surface area contributed by atoms with Crippen LogP contribution < -0.4 is 4.74 Å². The van der Waals surface area contributed by atoms with Crippen LogP contribution in [0.1, 0.15) is 41.6 Å². The molecule has 0 radical (unpaired) electrons. The fourth-order valence-electron chi connectivity index (χ4n) is 4.69. The van der Waals surface area contributed by atoms with Crippen molar-refractivity contribution in [3.63, 3.8) is 0 Å². The lowest BCUT2D eigenvalue weighted by atomic mass is 9.84. The number of phenols is 1. The first-order valence-electron chi connectivity index (χ1n) is 12.3. The van der Waals surface area contributed by atoms with Gasteiger partial charge in [-0.15, -0.1) is 0 Å². The van der Waals surface area contributed by atoms with Crippen LogP contribution in [-0.2, 0) is 10.4 Å². The molecule has 8 heteroatoms. The molecule has 3 N–H and O–H groups in total. The highest BCUT2D eigenvalue weighted by Crippen LogP contribution is 2.36. The summed E-state index contributed by atoms with van der Waals surface area (Å²) in [7, 11) is 0. The van der Waals surface area contributed by atoms with Gasteiger partial charge in [0.2, 0.25) is 0 Å². The maximum atomic E-state index is 11.2. The van der Waals surface area contributed by atoms with Crippen LogP contribution in [0.5, 0.6) is 11.5 Å². The Morgan fingerprint density at radius 1 is 1.14 bits per heavy atom. The lowest BCUT2D eigenvalue weighted by molar-refractivity contribution is -0.139. The molecule has 37 heavy (non-hydrogen) atoms. The number of halogens is 1. The average molecular weight is 523 g/mol. The molecule has 0 atom stereocenters. The largest absolute Gasteiger partial charge is 0.507 e. The fourth-order valence-corrected chi connectivity index (χ4v) is 4.82. The Hall–Kier alpha value is -3.39. The van der Waals surface area contributed by atoms with Gasteiger partial charge in [0.25, 0.3) is 0 Å². The Kier molecular flexibility index (Phi) is 8.48. The summed E-state index contributed by atoms with van der Waals surface area (Å²) < 4.78 is 5.20.